The van der Waals surface area contributed by atoms with E-state index in [1.54, 1.807) is 0 Å². The third-order valence-electron chi connectivity index (χ3n) is 2.05. The Morgan fingerprint density at radius 3 is 2.36 bits per heavy atom. The van der Waals surface area contributed by atoms with Gasteiger partial charge in [-0.05, 0) is 12.8 Å². The molecule has 0 aliphatic heterocycles. The van der Waals surface area contributed by atoms with Crippen molar-refractivity contribution in [3.8, 4) is 0 Å². The summed E-state index contributed by atoms with van der Waals surface area (Å²) in [6.45, 7) is 0. The molecule has 0 aromatic rings. The molecule has 0 heterocycles. The normalized spacial score (nSPS) is 31.4. The second kappa shape index (κ2) is 3.39. The Morgan fingerprint density at radius 1 is 1.45 bits per heavy atom. The monoisotopic (exact) mass is 194 g/mol. The van der Waals surface area contributed by atoms with Gasteiger partial charge < -0.3 is 0 Å². The predicted molar refractivity (Wildman–Crippen MR) is 50.3 cm³/mol. The van der Waals surface area contributed by atoms with Gasteiger partial charge in [0.25, 0.3) is 0 Å². The third-order valence-corrected chi connectivity index (χ3v) is 4.36. The summed E-state index contributed by atoms with van der Waals surface area (Å²) in [5, 5.41) is 2.76. The smallest absolute Gasteiger partial charge is 0.204 e. The Morgan fingerprint density at radius 2 is 2.00 bits per heavy atom. The molecule has 1 rings (SSSR count). The number of hydrogen-bond acceptors (Lipinski definition) is 3. The van der Waals surface area contributed by atoms with Crippen LogP contribution in [0.2, 0.25) is 0 Å². The highest BCUT2D eigenvalue weighted by Gasteiger charge is 2.36. The molecule has 2 N–H and O–H groups in total. The van der Waals surface area contributed by atoms with Crippen LogP contribution in [0.1, 0.15) is 12.8 Å². The highest BCUT2D eigenvalue weighted by molar-refractivity contribution is 7.91. The fourth-order valence-corrected chi connectivity index (χ4v) is 2.70. The zero-order valence-electron chi connectivity index (χ0n) is 6.37. The zero-order valence-corrected chi connectivity index (χ0v) is 8.34. The Hall–Kier alpha value is 0.365. The molecule has 0 radical (unpaired) electrons. The summed E-state index contributed by atoms with van der Waals surface area (Å²) in [7, 11) is 0.849. The standard InChI is InChI=1S/C4H12BN2O2PS/c5-7-11(8,9)4-1-3(2-4)6-10/h3-4,6-7H,1-2,5,10H2. The van der Waals surface area contributed by atoms with E-state index in [1.165, 1.54) is 7.98 Å². The lowest BCUT2D eigenvalue weighted by molar-refractivity contribution is 0.388. The first kappa shape index (κ1) is 9.45. The van der Waals surface area contributed by atoms with Crippen LogP contribution in [0.15, 0.2) is 0 Å². The molecular formula is C4H12BN2O2PS. The van der Waals surface area contributed by atoms with Crippen LogP contribution in [0, 0.1) is 0 Å². The van der Waals surface area contributed by atoms with Crippen LogP contribution in [0.4, 0.5) is 0 Å². The van der Waals surface area contributed by atoms with Gasteiger partial charge in [-0.1, -0.05) is 9.39 Å². The average molecular weight is 194 g/mol. The van der Waals surface area contributed by atoms with Gasteiger partial charge >= 0.3 is 0 Å². The van der Waals surface area contributed by atoms with E-state index < -0.39 is 10.0 Å². The van der Waals surface area contributed by atoms with Crippen LogP contribution in [-0.2, 0) is 10.0 Å². The van der Waals surface area contributed by atoms with Crippen LogP contribution >= 0.6 is 9.39 Å². The van der Waals surface area contributed by atoms with Gasteiger partial charge in [-0.2, -0.15) is 0 Å². The minimum atomic E-state index is -3.00. The molecule has 11 heavy (non-hydrogen) atoms. The molecule has 7 heteroatoms. The molecule has 1 saturated carbocycles. The lowest BCUT2D eigenvalue weighted by Gasteiger charge is -2.33. The first-order chi connectivity index (χ1) is 5.10. The van der Waals surface area contributed by atoms with E-state index in [-0.39, 0.29) is 5.25 Å². The molecule has 1 atom stereocenters. The molecule has 1 fully saturated rings. The van der Waals surface area contributed by atoms with Crippen LogP contribution in [0.5, 0.6) is 0 Å². The Bertz CT molecular complexity index is 226. The molecule has 0 spiro atoms. The second-order valence-electron chi connectivity index (χ2n) is 2.71. The number of rotatable bonds is 3. The fourth-order valence-electron chi connectivity index (χ4n) is 1.12. The predicted octanol–water partition coefficient (Wildman–Crippen LogP) is -1.64. The van der Waals surface area contributed by atoms with Crippen LogP contribution in [-0.4, -0.2) is 27.7 Å². The van der Waals surface area contributed by atoms with E-state index in [0.29, 0.717) is 18.9 Å². The molecule has 0 saturated heterocycles. The maximum Gasteiger partial charge on any atom is 0.204 e. The number of nitrogens with one attached hydrogen (secondary N) is 2. The molecule has 0 amide bonds. The van der Waals surface area contributed by atoms with Crippen LogP contribution in [0.25, 0.3) is 0 Å². The summed E-state index contributed by atoms with van der Waals surface area (Å²) in [6.07, 6.45) is 1.43. The van der Waals surface area contributed by atoms with Crippen molar-refractivity contribution in [2.75, 3.05) is 0 Å². The molecule has 1 aliphatic rings. The Kier molecular flexibility index (Phi) is 2.92. The van der Waals surface area contributed by atoms with E-state index in [1.807, 2.05) is 0 Å². The van der Waals surface area contributed by atoms with Crippen molar-refractivity contribution < 1.29 is 8.42 Å². The Balaban J connectivity index is 2.44. The minimum Gasteiger partial charge on any atom is -0.298 e. The van der Waals surface area contributed by atoms with Gasteiger partial charge in [-0.25, -0.2) is 8.42 Å². The van der Waals surface area contributed by atoms with Gasteiger partial charge in [-0.3, -0.25) is 9.72 Å². The first-order valence-corrected chi connectivity index (χ1v) is 5.61. The van der Waals surface area contributed by atoms with E-state index in [9.17, 15) is 8.42 Å². The lowest BCUT2D eigenvalue weighted by atomic mass is 9.93. The summed E-state index contributed by atoms with van der Waals surface area (Å²) in [4.78, 5) is 0. The van der Waals surface area contributed by atoms with Crippen molar-refractivity contribution in [3.05, 3.63) is 0 Å². The molecule has 0 bridgehead atoms. The highest BCUT2D eigenvalue weighted by Crippen LogP contribution is 2.26. The maximum atomic E-state index is 11.1. The van der Waals surface area contributed by atoms with Gasteiger partial charge in [0.15, 0.2) is 0 Å². The van der Waals surface area contributed by atoms with Crippen LogP contribution in [0.3, 0.4) is 0 Å². The molecular weight excluding hydrogens is 182 g/mol. The van der Waals surface area contributed by atoms with Crippen LogP contribution < -0.4 is 9.72 Å². The minimum absolute atomic E-state index is 0.189. The van der Waals surface area contributed by atoms with Crippen molar-refractivity contribution in [2.45, 2.75) is 24.1 Å². The quantitative estimate of drug-likeness (QED) is 0.418. The molecule has 1 unspecified atom stereocenters. The summed E-state index contributed by atoms with van der Waals surface area (Å²) >= 11 is 0. The van der Waals surface area contributed by atoms with E-state index in [0.717, 1.165) is 0 Å². The third kappa shape index (κ3) is 1.93. The summed E-state index contributed by atoms with van der Waals surface area (Å²) in [5.41, 5.74) is 0. The highest BCUT2D eigenvalue weighted by atomic mass is 32.2. The largest absolute Gasteiger partial charge is 0.298 e. The SMILES string of the molecule is BNS(=O)(=O)C1CC(NP)C1. The van der Waals surface area contributed by atoms with E-state index in [4.69, 9.17) is 0 Å². The zero-order chi connectivity index (χ0) is 8.48. The number of sulfonamides is 1. The molecule has 0 aromatic heterocycles. The maximum absolute atomic E-state index is 11.1. The lowest BCUT2D eigenvalue weighted by Crippen LogP contribution is -2.48. The molecule has 0 aromatic carbocycles. The molecule has 1 aliphatic carbocycles. The summed E-state index contributed by atoms with van der Waals surface area (Å²) in [5.74, 6) is 0. The average Bonchev–Trinajstić information content (AvgIpc) is 1.85. The summed E-state index contributed by atoms with van der Waals surface area (Å²) < 4.78 is 24.5. The van der Waals surface area contributed by atoms with Crippen molar-refractivity contribution in [1.82, 2.24) is 9.72 Å². The van der Waals surface area contributed by atoms with Crippen molar-refractivity contribution in [2.24, 2.45) is 0 Å². The van der Waals surface area contributed by atoms with Gasteiger partial charge in [-0.15, -0.1) is 0 Å². The van der Waals surface area contributed by atoms with Gasteiger partial charge in [0.1, 0.15) is 0 Å². The number of hydrogen-bond donors (Lipinski definition) is 2. The van der Waals surface area contributed by atoms with Gasteiger partial charge in [0.2, 0.25) is 18.0 Å². The molecule has 64 valence electrons. The van der Waals surface area contributed by atoms with E-state index >= 15 is 0 Å². The van der Waals surface area contributed by atoms with E-state index in [2.05, 4.69) is 19.1 Å². The second-order valence-corrected chi connectivity index (χ2v) is 5.20. The van der Waals surface area contributed by atoms with Gasteiger partial charge in [0.05, 0.1) is 5.25 Å². The van der Waals surface area contributed by atoms with Crippen molar-refractivity contribution >= 4 is 27.4 Å². The molecule has 4 nitrogen and oxygen atoms in total. The Labute approximate surface area is 70.2 Å². The van der Waals surface area contributed by atoms with Crippen molar-refractivity contribution in [3.63, 3.8) is 0 Å². The summed E-state index contributed by atoms with van der Waals surface area (Å²) in [6, 6.07) is 0.355. The first-order valence-electron chi connectivity index (χ1n) is 3.48. The van der Waals surface area contributed by atoms with Crippen molar-refractivity contribution in [1.29, 1.82) is 0 Å². The van der Waals surface area contributed by atoms with Gasteiger partial charge in [0, 0.05) is 6.04 Å². The topological polar surface area (TPSA) is 58.2 Å². The fraction of sp³-hybridized carbons (Fsp3) is 1.00.